The lowest BCUT2D eigenvalue weighted by Gasteiger charge is -2.08. The van der Waals surface area contributed by atoms with Gasteiger partial charge in [0.15, 0.2) is 0 Å². The van der Waals surface area contributed by atoms with Gasteiger partial charge < -0.3 is 10.6 Å². The fourth-order valence-electron chi connectivity index (χ4n) is 1.56. The first kappa shape index (κ1) is 15.5. The molecule has 5 nitrogen and oxygen atoms in total. The van der Waals surface area contributed by atoms with Crippen molar-refractivity contribution < 1.29 is 4.79 Å². The van der Waals surface area contributed by atoms with Crippen LogP contribution in [0, 0.1) is 0 Å². The van der Waals surface area contributed by atoms with Crippen LogP contribution in [0.2, 0.25) is 10.0 Å². The molecular weight excluding hydrogens is 311 g/mol. The largest absolute Gasteiger partial charge is 0.354 e. The minimum absolute atomic E-state index is 0.341. The number of nitrogens with one attached hydrogen (secondary N) is 2. The topological polar surface area (TPSA) is 66.9 Å². The summed E-state index contributed by atoms with van der Waals surface area (Å²) in [6.07, 6.45) is 3.89. The molecule has 0 atom stereocenters. The number of nitrogens with zero attached hydrogens (tertiary/aromatic N) is 2. The fraction of sp³-hybridized carbons (Fsp3) is 0.214. The molecule has 2 rings (SSSR count). The van der Waals surface area contributed by atoms with Gasteiger partial charge in [-0.2, -0.15) is 0 Å². The van der Waals surface area contributed by atoms with E-state index in [1.807, 2.05) is 6.92 Å². The Hall–Kier alpha value is -1.85. The van der Waals surface area contributed by atoms with Crippen molar-refractivity contribution in [2.45, 2.75) is 13.3 Å². The predicted molar refractivity (Wildman–Crippen MR) is 85.2 cm³/mol. The van der Waals surface area contributed by atoms with E-state index < -0.39 is 0 Å². The number of halogens is 2. The lowest BCUT2D eigenvalue weighted by molar-refractivity contribution is 0.102. The molecule has 0 saturated carbocycles. The second-order valence-corrected chi connectivity index (χ2v) is 5.14. The van der Waals surface area contributed by atoms with Gasteiger partial charge in [-0.3, -0.25) is 4.79 Å². The summed E-state index contributed by atoms with van der Waals surface area (Å²) in [4.78, 5) is 20.2. The number of hydrogen-bond donors (Lipinski definition) is 2. The second kappa shape index (κ2) is 7.24. The van der Waals surface area contributed by atoms with Crippen LogP contribution in [0.4, 0.5) is 11.6 Å². The van der Waals surface area contributed by atoms with Crippen molar-refractivity contribution in [2.75, 3.05) is 17.2 Å². The summed E-state index contributed by atoms with van der Waals surface area (Å²) >= 11 is 11.9. The van der Waals surface area contributed by atoms with E-state index in [-0.39, 0.29) is 5.91 Å². The fourth-order valence-corrected chi connectivity index (χ4v) is 1.90. The first-order valence-corrected chi connectivity index (χ1v) is 7.18. The summed E-state index contributed by atoms with van der Waals surface area (Å²) in [5.41, 5.74) is 0.787. The SMILES string of the molecule is CCCNc1ncc(C(=O)Nc2cc(Cl)ccc2Cl)cn1. The Morgan fingerprint density at radius 3 is 2.62 bits per heavy atom. The molecule has 0 aliphatic rings. The van der Waals surface area contributed by atoms with Gasteiger partial charge in [-0.25, -0.2) is 9.97 Å². The molecule has 110 valence electrons. The molecule has 7 heteroatoms. The first-order valence-electron chi connectivity index (χ1n) is 6.42. The maximum absolute atomic E-state index is 12.1. The van der Waals surface area contributed by atoms with Gasteiger partial charge in [0.1, 0.15) is 0 Å². The third-order valence-electron chi connectivity index (χ3n) is 2.62. The lowest BCUT2D eigenvalue weighted by atomic mass is 10.2. The summed E-state index contributed by atoms with van der Waals surface area (Å²) in [5.74, 6) is 0.149. The zero-order valence-corrected chi connectivity index (χ0v) is 12.9. The quantitative estimate of drug-likeness (QED) is 0.876. The number of amides is 1. The van der Waals surface area contributed by atoms with Crippen molar-refractivity contribution in [1.82, 2.24) is 9.97 Å². The van der Waals surface area contributed by atoms with Crippen molar-refractivity contribution in [3.63, 3.8) is 0 Å². The van der Waals surface area contributed by atoms with Crippen molar-refractivity contribution in [3.8, 4) is 0 Å². The molecule has 1 heterocycles. The average molecular weight is 325 g/mol. The Balaban J connectivity index is 2.07. The van der Waals surface area contributed by atoms with E-state index in [9.17, 15) is 4.79 Å². The van der Waals surface area contributed by atoms with Crippen molar-refractivity contribution in [1.29, 1.82) is 0 Å². The minimum atomic E-state index is -0.346. The summed E-state index contributed by atoms with van der Waals surface area (Å²) in [5, 5.41) is 6.61. The van der Waals surface area contributed by atoms with Crippen LogP contribution in [0.25, 0.3) is 0 Å². The molecule has 0 aliphatic heterocycles. The van der Waals surface area contributed by atoms with Crippen LogP contribution in [0.5, 0.6) is 0 Å². The zero-order valence-electron chi connectivity index (χ0n) is 11.4. The van der Waals surface area contributed by atoms with E-state index in [2.05, 4.69) is 20.6 Å². The maximum atomic E-state index is 12.1. The Labute approximate surface area is 132 Å². The van der Waals surface area contributed by atoms with E-state index in [1.165, 1.54) is 12.4 Å². The predicted octanol–water partition coefficient (Wildman–Crippen LogP) is 3.86. The first-order chi connectivity index (χ1) is 10.1. The van der Waals surface area contributed by atoms with Crippen LogP contribution < -0.4 is 10.6 Å². The standard InChI is InChI=1S/C14H14Cl2N4O/c1-2-5-17-14-18-7-9(8-19-14)13(21)20-12-6-10(15)3-4-11(12)16/h3-4,6-8H,2,5H2,1H3,(H,20,21)(H,17,18,19). The number of rotatable bonds is 5. The summed E-state index contributed by atoms with van der Waals surface area (Å²) < 4.78 is 0. The molecule has 0 aliphatic carbocycles. The molecule has 0 saturated heterocycles. The highest BCUT2D eigenvalue weighted by Gasteiger charge is 2.10. The molecular formula is C14H14Cl2N4O. The average Bonchev–Trinajstić information content (AvgIpc) is 2.49. The van der Waals surface area contributed by atoms with E-state index in [0.29, 0.717) is 27.2 Å². The molecule has 2 N–H and O–H groups in total. The number of carbonyl (C=O) groups excluding carboxylic acids is 1. The van der Waals surface area contributed by atoms with Gasteiger partial charge in [-0.15, -0.1) is 0 Å². The molecule has 0 spiro atoms. The van der Waals surface area contributed by atoms with E-state index >= 15 is 0 Å². The van der Waals surface area contributed by atoms with Gasteiger partial charge in [-0.1, -0.05) is 30.1 Å². The van der Waals surface area contributed by atoms with E-state index in [0.717, 1.165) is 13.0 Å². The monoisotopic (exact) mass is 324 g/mol. The van der Waals surface area contributed by atoms with E-state index in [4.69, 9.17) is 23.2 Å². The second-order valence-electron chi connectivity index (χ2n) is 4.30. The van der Waals surface area contributed by atoms with Crippen LogP contribution >= 0.6 is 23.2 Å². The normalized spacial score (nSPS) is 10.2. The van der Waals surface area contributed by atoms with Gasteiger partial charge in [0.05, 0.1) is 16.3 Å². The van der Waals surface area contributed by atoms with Crippen LogP contribution in [0.15, 0.2) is 30.6 Å². The van der Waals surface area contributed by atoms with Crippen LogP contribution in [0.3, 0.4) is 0 Å². The summed E-state index contributed by atoms with van der Waals surface area (Å²) in [7, 11) is 0. The number of hydrogen-bond acceptors (Lipinski definition) is 4. The zero-order chi connectivity index (χ0) is 15.2. The van der Waals surface area contributed by atoms with Crippen LogP contribution in [-0.4, -0.2) is 22.4 Å². The van der Waals surface area contributed by atoms with E-state index in [1.54, 1.807) is 18.2 Å². The Bertz CT molecular complexity index is 631. The third-order valence-corrected chi connectivity index (χ3v) is 3.19. The van der Waals surface area contributed by atoms with Crippen molar-refractivity contribution >= 4 is 40.7 Å². The van der Waals surface area contributed by atoms with Gasteiger partial charge in [0.25, 0.3) is 5.91 Å². The van der Waals surface area contributed by atoms with Gasteiger partial charge in [0, 0.05) is 24.0 Å². The molecule has 21 heavy (non-hydrogen) atoms. The Kier molecular flexibility index (Phi) is 5.36. The van der Waals surface area contributed by atoms with Crippen LogP contribution in [0.1, 0.15) is 23.7 Å². The van der Waals surface area contributed by atoms with Crippen molar-refractivity contribution in [3.05, 3.63) is 46.2 Å². The highest BCUT2D eigenvalue weighted by atomic mass is 35.5. The molecule has 1 amide bonds. The number of carbonyl (C=O) groups is 1. The highest BCUT2D eigenvalue weighted by molar-refractivity contribution is 6.35. The van der Waals surface area contributed by atoms with Gasteiger partial charge >= 0.3 is 0 Å². The number of anilines is 2. The molecule has 2 aromatic rings. The third kappa shape index (κ3) is 4.31. The Morgan fingerprint density at radius 2 is 1.95 bits per heavy atom. The Morgan fingerprint density at radius 1 is 1.24 bits per heavy atom. The molecule has 1 aromatic carbocycles. The van der Waals surface area contributed by atoms with Crippen molar-refractivity contribution in [2.24, 2.45) is 0 Å². The smallest absolute Gasteiger partial charge is 0.258 e. The molecule has 0 radical (unpaired) electrons. The molecule has 0 bridgehead atoms. The lowest BCUT2D eigenvalue weighted by Crippen LogP contribution is -2.14. The maximum Gasteiger partial charge on any atom is 0.258 e. The van der Waals surface area contributed by atoms with Gasteiger partial charge in [0.2, 0.25) is 5.95 Å². The van der Waals surface area contributed by atoms with Crippen LogP contribution in [-0.2, 0) is 0 Å². The molecule has 0 fully saturated rings. The summed E-state index contributed by atoms with van der Waals surface area (Å²) in [6, 6.07) is 4.85. The highest BCUT2D eigenvalue weighted by Crippen LogP contribution is 2.25. The molecule has 0 unspecified atom stereocenters. The minimum Gasteiger partial charge on any atom is -0.354 e. The number of aromatic nitrogens is 2. The summed E-state index contributed by atoms with van der Waals surface area (Å²) in [6.45, 7) is 2.83. The molecule has 1 aromatic heterocycles. The number of benzene rings is 1. The van der Waals surface area contributed by atoms with Gasteiger partial charge in [-0.05, 0) is 24.6 Å².